The van der Waals surface area contributed by atoms with E-state index in [2.05, 4.69) is 24.1 Å². The lowest BCUT2D eigenvalue weighted by Crippen LogP contribution is -2.38. The van der Waals surface area contributed by atoms with Crippen LogP contribution < -0.4 is 10.2 Å². The van der Waals surface area contributed by atoms with Crippen molar-refractivity contribution in [3.05, 3.63) is 60.4 Å². The third-order valence-electron chi connectivity index (χ3n) is 5.78. The molecule has 0 spiro atoms. The lowest BCUT2D eigenvalue weighted by Gasteiger charge is -2.24. The van der Waals surface area contributed by atoms with Gasteiger partial charge in [0.15, 0.2) is 0 Å². The summed E-state index contributed by atoms with van der Waals surface area (Å²) in [7, 11) is 0. The molecule has 150 valence electrons. The van der Waals surface area contributed by atoms with Crippen LogP contribution >= 0.6 is 0 Å². The molecule has 4 rings (SSSR count). The maximum absolute atomic E-state index is 13.1. The van der Waals surface area contributed by atoms with Crippen molar-refractivity contribution in [1.29, 1.82) is 0 Å². The number of hydrogen-bond acceptors (Lipinski definition) is 3. The fourth-order valence-electron chi connectivity index (χ4n) is 3.85. The number of anilines is 1. The van der Waals surface area contributed by atoms with Gasteiger partial charge in [0.1, 0.15) is 5.82 Å². The quantitative estimate of drug-likeness (QED) is 0.672. The molecule has 3 unspecified atom stereocenters. The highest BCUT2D eigenvalue weighted by Crippen LogP contribution is 2.28. The van der Waals surface area contributed by atoms with Crippen molar-refractivity contribution in [2.75, 3.05) is 11.4 Å². The Balaban J connectivity index is 1.52. The smallest absolute Gasteiger partial charge is 0.227 e. The molecule has 0 bridgehead atoms. The molecule has 6 heteroatoms. The zero-order chi connectivity index (χ0) is 20.4. The average Bonchev–Trinajstić information content (AvgIpc) is 3.35. The number of nitrogens with zero attached hydrogens (tertiary/aromatic N) is 2. The van der Waals surface area contributed by atoms with E-state index in [0.717, 1.165) is 29.0 Å². The van der Waals surface area contributed by atoms with E-state index in [9.17, 15) is 9.59 Å². The molecule has 1 fully saturated rings. The molecule has 2 N–H and O–H groups in total. The summed E-state index contributed by atoms with van der Waals surface area (Å²) in [6.45, 7) is 4.61. The van der Waals surface area contributed by atoms with Crippen molar-refractivity contribution in [1.82, 2.24) is 15.3 Å². The van der Waals surface area contributed by atoms with Gasteiger partial charge in [0.2, 0.25) is 11.8 Å². The first-order valence-electron chi connectivity index (χ1n) is 10.2. The first-order chi connectivity index (χ1) is 14.1. The number of rotatable bonds is 6. The normalized spacial score (nSPS) is 18.8. The number of carbonyl (C=O) groups is 2. The van der Waals surface area contributed by atoms with Gasteiger partial charge < -0.3 is 15.2 Å². The largest absolute Gasteiger partial charge is 0.346 e. The molecule has 1 aliphatic heterocycles. The van der Waals surface area contributed by atoms with Gasteiger partial charge in [-0.15, -0.1) is 0 Å². The number of carbonyl (C=O) groups excluding carboxylic acids is 2. The number of benzene rings is 2. The molecule has 1 saturated heterocycles. The molecule has 0 saturated carbocycles. The molecular formula is C23H26N4O2. The second-order valence-electron chi connectivity index (χ2n) is 7.75. The average molecular weight is 390 g/mol. The van der Waals surface area contributed by atoms with Crippen LogP contribution in [0.15, 0.2) is 54.6 Å². The van der Waals surface area contributed by atoms with Crippen LogP contribution in [0.25, 0.3) is 11.0 Å². The lowest BCUT2D eigenvalue weighted by atomic mass is 9.97. The summed E-state index contributed by atoms with van der Waals surface area (Å²) in [5, 5.41) is 3.17. The maximum Gasteiger partial charge on any atom is 0.227 e. The standard InChI is InChI=1S/C23H26N4O2/c1-3-15(2)21(22-24-18-11-7-8-12-19(18)25-22)26-23(29)16-13-20(28)27(14-16)17-9-5-4-6-10-17/h4-12,15-16,21H,3,13-14H2,1-2H3,(H,24,25)(H,26,29). The van der Waals surface area contributed by atoms with Crippen LogP contribution in [0, 0.1) is 11.8 Å². The summed E-state index contributed by atoms with van der Waals surface area (Å²) in [4.78, 5) is 35.3. The Morgan fingerprint density at radius 3 is 2.66 bits per heavy atom. The second kappa shape index (κ2) is 8.07. The zero-order valence-corrected chi connectivity index (χ0v) is 16.8. The molecule has 1 aromatic heterocycles. The Labute approximate surface area is 170 Å². The van der Waals surface area contributed by atoms with Gasteiger partial charge in [0, 0.05) is 18.7 Å². The molecule has 1 aliphatic rings. The third kappa shape index (κ3) is 3.88. The second-order valence-corrected chi connectivity index (χ2v) is 7.75. The van der Waals surface area contributed by atoms with Crippen LogP contribution in [-0.2, 0) is 9.59 Å². The summed E-state index contributed by atoms with van der Waals surface area (Å²) in [6, 6.07) is 17.1. The first-order valence-corrected chi connectivity index (χ1v) is 10.2. The number of fused-ring (bicyclic) bond motifs is 1. The monoisotopic (exact) mass is 390 g/mol. The van der Waals surface area contributed by atoms with E-state index in [-0.39, 0.29) is 36.1 Å². The highest BCUT2D eigenvalue weighted by atomic mass is 16.2. The van der Waals surface area contributed by atoms with Gasteiger partial charge in [-0.2, -0.15) is 0 Å². The Hall–Kier alpha value is -3.15. The summed E-state index contributed by atoms with van der Waals surface area (Å²) >= 11 is 0. The Kier molecular flexibility index (Phi) is 5.34. The van der Waals surface area contributed by atoms with Crippen LogP contribution in [0.4, 0.5) is 5.69 Å². The minimum Gasteiger partial charge on any atom is -0.346 e. The van der Waals surface area contributed by atoms with Crippen molar-refractivity contribution in [3.8, 4) is 0 Å². The molecule has 2 aromatic carbocycles. The number of para-hydroxylation sites is 3. The molecule has 0 aliphatic carbocycles. The molecule has 29 heavy (non-hydrogen) atoms. The predicted octanol–water partition coefficient (Wildman–Crippen LogP) is 3.82. The van der Waals surface area contributed by atoms with E-state index in [4.69, 9.17) is 4.98 Å². The number of nitrogens with one attached hydrogen (secondary N) is 2. The zero-order valence-electron chi connectivity index (χ0n) is 16.8. The third-order valence-corrected chi connectivity index (χ3v) is 5.78. The van der Waals surface area contributed by atoms with E-state index in [0.29, 0.717) is 6.54 Å². The van der Waals surface area contributed by atoms with E-state index < -0.39 is 0 Å². The minimum atomic E-state index is -0.362. The van der Waals surface area contributed by atoms with E-state index in [1.807, 2.05) is 54.6 Å². The number of aromatic nitrogens is 2. The first kappa shape index (κ1) is 19.2. The molecule has 2 heterocycles. The summed E-state index contributed by atoms with van der Waals surface area (Å²) < 4.78 is 0. The van der Waals surface area contributed by atoms with Gasteiger partial charge in [-0.25, -0.2) is 4.98 Å². The van der Waals surface area contributed by atoms with Gasteiger partial charge in [0.05, 0.1) is 23.0 Å². The summed E-state index contributed by atoms with van der Waals surface area (Å²) in [5.41, 5.74) is 2.68. The highest BCUT2D eigenvalue weighted by molar-refractivity contribution is 6.00. The Bertz CT molecular complexity index is 981. The predicted molar refractivity (Wildman–Crippen MR) is 113 cm³/mol. The molecule has 3 atom stereocenters. The fourth-order valence-corrected chi connectivity index (χ4v) is 3.85. The van der Waals surface area contributed by atoms with E-state index in [1.165, 1.54) is 0 Å². The number of H-pyrrole nitrogens is 1. The van der Waals surface area contributed by atoms with Crippen molar-refractivity contribution in [2.45, 2.75) is 32.7 Å². The SMILES string of the molecule is CCC(C)C(NC(=O)C1CC(=O)N(c2ccccc2)C1)c1nc2ccccc2[nH]1. The lowest BCUT2D eigenvalue weighted by molar-refractivity contribution is -0.127. The maximum atomic E-state index is 13.1. The molecule has 2 amide bonds. The van der Waals surface area contributed by atoms with Gasteiger partial charge in [-0.3, -0.25) is 9.59 Å². The number of amides is 2. The highest BCUT2D eigenvalue weighted by Gasteiger charge is 2.36. The summed E-state index contributed by atoms with van der Waals surface area (Å²) in [6.07, 6.45) is 1.13. The van der Waals surface area contributed by atoms with Crippen LogP contribution in [-0.4, -0.2) is 28.3 Å². The molecular weight excluding hydrogens is 364 g/mol. The molecule has 3 aromatic rings. The van der Waals surface area contributed by atoms with Gasteiger partial charge in [-0.1, -0.05) is 50.6 Å². The van der Waals surface area contributed by atoms with Crippen molar-refractivity contribution < 1.29 is 9.59 Å². The van der Waals surface area contributed by atoms with Gasteiger partial charge >= 0.3 is 0 Å². The minimum absolute atomic E-state index is 0.0137. The number of imidazole rings is 1. The van der Waals surface area contributed by atoms with Crippen LogP contribution in [0.3, 0.4) is 0 Å². The van der Waals surface area contributed by atoms with Crippen LogP contribution in [0.1, 0.15) is 38.6 Å². The molecule has 6 nitrogen and oxygen atoms in total. The van der Waals surface area contributed by atoms with Crippen LogP contribution in [0.2, 0.25) is 0 Å². The topological polar surface area (TPSA) is 78.1 Å². The number of aromatic amines is 1. The Morgan fingerprint density at radius 1 is 1.21 bits per heavy atom. The van der Waals surface area contributed by atoms with Crippen molar-refractivity contribution in [3.63, 3.8) is 0 Å². The molecule has 0 radical (unpaired) electrons. The van der Waals surface area contributed by atoms with E-state index in [1.54, 1.807) is 4.90 Å². The van der Waals surface area contributed by atoms with Gasteiger partial charge in [0.25, 0.3) is 0 Å². The Morgan fingerprint density at radius 2 is 1.93 bits per heavy atom. The van der Waals surface area contributed by atoms with Crippen molar-refractivity contribution in [2.24, 2.45) is 11.8 Å². The van der Waals surface area contributed by atoms with E-state index >= 15 is 0 Å². The van der Waals surface area contributed by atoms with Crippen molar-refractivity contribution >= 4 is 28.5 Å². The van der Waals surface area contributed by atoms with Gasteiger partial charge in [-0.05, 0) is 30.2 Å². The fraction of sp³-hybridized carbons (Fsp3) is 0.348. The number of hydrogen-bond donors (Lipinski definition) is 2. The summed E-state index contributed by atoms with van der Waals surface area (Å²) in [5.74, 6) is 0.501. The van der Waals surface area contributed by atoms with Crippen LogP contribution in [0.5, 0.6) is 0 Å².